The van der Waals surface area contributed by atoms with Crippen LogP contribution in [-0.2, 0) is 17.8 Å². The van der Waals surface area contributed by atoms with Crippen LogP contribution in [0.5, 0.6) is 5.75 Å². The summed E-state index contributed by atoms with van der Waals surface area (Å²) >= 11 is 7.17. The maximum atomic E-state index is 13.1. The Bertz CT molecular complexity index is 1190. The molecule has 6 heteroatoms. The highest BCUT2D eigenvalue weighted by Gasteiger charge is 2.36. The zero-order chi connectivity index (χ0) is 23.2. The summed E-state index contributed by atoms with van der Waals surface area (Å²) in [5, 5.41) is 0.332. The molecule has 1 heterocycles. The summed E-state index contributed by atoms with van der Waals surface area (Å²) in [6.45, 7) is 2.46. The number of ether oxygens (including phenoxy) is 1. The van der Waals surface area contributed by atoms with Crippen LogP contribution in [0.2, 0.25) is 5.02 Å². The molecule has 0 aromatic heterocycles. The summed E-state index contributed by atoms with van der Waals surface area (Å²) in [7, 11) is 0. The van der Waals surface area contributed by atoms with Gasteiger partial charge in [0, 0.05) is 16.1 Å². The van der Waals surface area contributed by atoms with Crippen LogP contribution in [0, 0.1) is 0 Å². The Kier molecular flexibility index (Phi) is 7.53. The molecule has 3 aromatic carbocycles. The fourth-order valence-electron chi connectivity index (χ4n) is 3.53. The number of rotatable bonds is 8. The number of benzene rings is 3. The number of thioether (sulfide) groups is 1. The molecule has 0 bridgehead atoms. The highest BCUT2D eigenvalue weighted by molar-refractivity contribution is 8.19. The fourth-order valence-corrected chi connectivity index (χ4v) is 4.55. The molecular weight excluding hydrogens is 454 g/mol. The lowest BCUT2D eigenvalue weighted by atomic mass is 10.1. The van der Waals surface area contributed by atoms with Crippen molar-refractivity contribution in [3.05, 3.63) is 99.4 Å². The molecule has 0 atom stereocenters. The van der Waals surface area contributed by atoms with Gasteiger partial charge in [-0.25, -0.2) is 4.90 Å². The summed E-state index contributed by atoms with van der Waals surface area (Å²) in [6, 6.07) is 22.6. The first kappa shape index (κ1) is 23.1. The van der Waals surface area contributed by atoms with Gasteiger partial charge in [0.15, 0.2) is 0 Å². The molecule has 1 aliphatic rings. The number of carbonyl (C=O) groups excluding carboxylic acids is 2. The van der Waals surface area contributed by atoms with E-state index in [1.807, 2.05) is 72.8 Å². The van der Waals surface area contributed by atoms with Crippen LogP contribution in [0.1, 0.15) is 36.5 Å². The molecule has 0 radical (unpaired) electrons. The quantitative estimate of drug-likeness (QED) is 0.315. The van der Waals surface area contributed by atoms with Crippen LogP contribution in [0.4, 0.5) is 10.5 Å². The van der Waals surface area contributed by atoms with Crippen LogP contribution >= 0.6 is 23.4 Å². The minimum Gasteiger partial charge on any atom is -0.488 e. The Balaban J connectivity index is 1.52. The Labute approximate surface area is 203 Å². The molecule has 0 spiro atoms. The molecule has 33 heavy (non-hydrogen) atoms. The third-order valence-corrected chi connectivity index (χ3v) is 6.59. The third-order valence-electron chi connectivity index (χ3n) is 5.35. The number of amides is 2. The van der Waals surface area contributed by atoms with E-state index in [1.165, 1.54) is 10.5 Å². The van der Waals surface area contributed by atoms with E-state index >= 15 is 0 Å². The van der Waals surface area contributed by atoms with E-state index in [0.29, 0.717) is 28.0 Å². The monoisotopic (exact) mass is 477 g/mol. The predicted molar refractivity (Wildman–Crippen MR) is 136 cm³/mol. The number of halogens is 1. The van der Waals surface area contributed by atoms with Crippen LogP contribution in [-0.4, -0.2) is 11.1 Å². The number of aryl methyl sites for hydroxylation is 1. The maximum Gasteiger partial charge on any atom is 0.298 e. The lowest BCUT2D eigenvalue weighted by molar-refractivity contribution is -0.113. The summed E-state index contributed by atoms with van der Waals surface area (Å²) in [5.74, 6) is 0.289. The lowest BCUT2D eigenvalue weighted by Gasteiger charge is -2.13. The molecule has 168 valence electrons. The molecule has 0 N–H and O–H groups in total. The third kappa shape index (κ3) is 5.49. The maximum absolute atomic E-state index is 13.1. The average Bonchev–Trinajstić information content (AvgIpc) is 3.11. The van der Waals surface area contributed by atoms with Gasteiger partial charge in [-0.1, -0.05) is 73.5 Å². The first-order valence-electron chi connectivity index (χ1n) is 10.9. The molecule has 1 fully saturated rings. The molecule has 0 saturated carbocycles. The van der Waals surface area contributed by atoms with Crippen molar-refractivity contribution in [1.82, 2.24) is 0 Å². The summed E-state index contributed by atoms with van der Waals surface area (Å²) in [4.78, 5) is 27.3. The van der Waals surface area contributed by atoms with Crippen molar-refractivity contribution in [2.24, 2.45) is 0 Å². The second kappa shape index (κ2) is 10.7. The molecule has 0 unspecified atom stereocenters. The number of para-hydroxylation sites is 1. The van der Waals surface area contributed by atoms with E-state index < -0.39 is 0 Å². The normalized spacial score (nSPS) is 14.8. The topological polar surface area (TPSA) is 46.6 Å². The molecular formula is C27H24ClNO3S. The van der Waals surface area contributed by atoms with Gasteiger partial charge in [0.1, 0.15) is 12.4 Å². The van der Waals surface area contributed by atoms with Crippen molar-refractivity contribution in [3.8, 4) is 5.75 Å². The highest BCUT2D eigenvalue weighted by atomic mass is 35.5. The van der Waals surface area contributed by atoms with E-state index in [9.17, 15) is 9.59 Å². The number of unbranched alkanes of at least 4 members (excludes halogenated alkanes) is 1. The number of nitrogens with zero attached hydrogens (tertiary/aromatic N) is 1. The van der Waals surface area contributed by atoms with Crippen LogP contribution in [0.15, 0.2) is 77.7 Å². The first-order chi connectivity index (χ1) is 16.1. The second-order valence-corrected chi connectivity index (χ2v) is 9.11. The summed E-state index contributed by atoms with van der Waals surface area (Å²) < 4.78 is 5.99. The van der Waals surface area contributed by atoms with Crippen LogP contribution in [0.25, 0.3) is 6.08 Å². The van der Waals surface area contributed by atoms with Crippen molar-refractivity contribution < 1.29 is 14.3 Å². The zero-order valence-corrected chi connectivity index (χ0v) is 19.9. The number of hydrogen-bond acceptors (Lipinski definition) is 4. The first-order valence-corrected chi connectivity index (χ1v) is 12.1. The summed E-state index contributed by atoms with van der Waals surface area (Å²) in [6.07, 6.45) is 4.94. The fraction of sp³-hybridized carbons (Fsp3) is 0.185. The van der Waals surface area contributed by atoms with Gasteiger partial charge in [0.2, 0.25) is 0 Å². The van der Waals surface area contributed by atoms with E-state index in [4.69, 9.17) is 16.3 Å². The van der Waals surface area contributed by atoms with Crippen molar-refractivity contribution in [2.75, 3.05) is 4.90 Å². The average molecular weight is 478 g/mol. The SMILES string of the molecule is CCCCc1ccc(N2C(=O)S/C(=C\c3ccccc3OCc3ccccc3Cl)C2=O)cc1. The molecule has 2 amide bonds. The van der Waals surface area contributed by atoms with Crippen molar-refractivity contribution >= 4 is 46.3 Å². The van der Waals surface area contributed by atoms with Crippen molar-refractivity contribution in [2.45, 2.75) is 32.8 Å². The van der Waals surface area contributed by atoms with Gasteiger partial charge in [-0.15, -0.1) is 0 Å². The zero-order valence-electron chi connectivity index (χ0n) is 18.3. The molecule has 3 aromatic rings. The molecule has 4 rings (SSSR count). The van der Waals surface area contributed by atoms with E-state index in [0.717, 1.165) is 42.2 Å². The minimum absolute atomic E-state index is 0.302. The van der Waals surface area contributed by atoms with Gasteiger partial charge < -0.3 is 4.74 Å². The minimum atomic E-state index is -0.327. The second-order valence-electron chi connectivity index (χ2n) is 7.71. The van der Waals surface area contributed by atoms with E-state index in [1.54, 1.807) is 6.08 Å². The number of anilines is 1. The van der Waals surface area contributed by atoms with Crippen molar-refractivity contribution in [1.29, 1.82) is 0 Å². The Morgan fingerprint density at radius 2 is 1.70 bits per heavy atom. The number of carbonyl (C=O) groups is 2. The number of hydrogen-bond donors (Lipinski definition) is 0. The van der Waals surface area contributed by atoms with Crippen LogP contribution < -0.4 is 9.64 Å². The van der Waals surface area contributed by atoms with E-state index in [2.05, 4.69) is 6.92 Å². The van der Waals surface area contributed by atoms with Gasteiger partial charge in [-0.2, -0.15) is 0 Å². The summed E-state index contributed by atoms with van der Waals surface area (Å²) in [5.41, 5.74) is 3.39. The van der Waals surface area contributed by atoms with Gasteiger partial charge >= 0.3 is 0 Å². The molecule has 0 aliphatic carbocycles. The largest absolute Gasteiger partial charge is 0.488 e. The van der Waals surface area contributed by atoms with Gasteiger partial charge in [-0.05, 0) is 60.5 Å². The van der Waals surface area contributed by atoms with Gasteiger partial charge in [0.05, 0.1) is 10.6 Å². The Morgan fingerprint density at radius 3 is 2.45 bits per heavy atom. The highest BCUT2D eigenvalue weighted by Crippen LogP contribution is 2.37. The predicted octanol–water partition coefficient (Wildman–Crippen LogP) is 7.50. The standard InChI is InChI=1S/C27H24ClNO3S/c1-2-3-8-19-13-15-22(16-14-19)29-26(30)25(33-27(29)31)17-20-9-5-7-12-24(20)32-18-21-10-4-6-11-23(21)28/h4-7,9-17H,2-3,8,18H2,1H3/b25-17-. The van der Waals surface area contributed by atoms with Crippen LogP contribution in [0.3, 0.4) is 0 Å². The smallest absolute Gasteiger partial charge is 0.298 e. The van der Waals surface area contributed by atoms with Gasteiger partial charge in [-0.3, -0.25) is 9.59 Å². The van der Waals surface area contributed by atoms with E-state index in [-0.39, 0.29) is 11.1 Å². The Morgan fingerprint density at radius 1 is 0.970 bits per heavy atom. The van der Waals surface area contributed by atoms with Crippen molar-refractivity contribution in [3.63, 3.8) is 0 Å². The molecule has 1 aliphatic heterocycles. The Hall–Kier alpha value is -3.02. The lowest BCUT2D eigenvalue weighted by Crippen LogP contribution is -2.27. The molecule has 1 saturated heterocycles. The van der Waals surface area contributed by atoms with Gasteiger partial charge in [0.25, 0.3) is 11.1 Å². The number of imide groups is 1. The molecule has 4 nitrogen and oxygen atoms in total.